The highest BCUT2D eigenvalue weighted by molar-refractivity contribution is 7.09. The molecule has 0 radical (unpaired) electrons. The predicted octanol–water partition coefficient (Wildman–Crippen LogP) is 4.71. The topological polar surface area (TPSA) is 46.3 Å². The van der Waals surface area contributed by atoms with Gasteiger partial charge in [-0.2, -0.15) is 0 Å². The minimum Gasteiger partial charge on any atom is -0.464 e. The summed E-state index contributed by atoms with van der Waals surface area (Å²) in [5.41, 5.74) is 4.17. The van der Waals surface area contributed by atoms with E-state index < -0.39 is 0 Å². The van der Waals surface area contributed by atoms with Crippen molar-refractivity contribution in [1.29, 1.82) is 0 Å². The predicted molar refractivity (Wildman–Crippen MR) is 105 cm³/mol. The van der Waals surface area contributed by atoms with Gasteiger partial charge in [-0.1, -0.05) is 19.1 Å². The van der Waals surface area contributed by atoms with E-state index in [4.69, 9.17) is 9.40 Å². The number of carbonyl (C=O) groups excluding carboxylic acids is 1. The summed E-state index contributed by atoms with van der Waals surface area (Å²) in [4.78, 5) is 19.6. The van der Waals surface area contributed by atoms with Crippen molar-refractivity contribution in [3.63, 3.8) is 0 Å². The van der Waals surface area contributed by atoms with Crippen LogP contribution in [0.1, 0.15) is 47.5 Å². The largest absolute Gasteiger partial charge is 0.464 e. The number of aryl methyl sites for hydroxylation is 2. The van der Waals surface area contributed by atoms with Gasteiger partial charge in [0.15, 0.2) is 0 Å². The molecule has 1 saturated heterocycles. The third-order valence-corrected chi connectivity index (χ3v) is 6.26. The minimum atomic E-state index is 0.185. The van der Waals surface area contributed by atoms with E-state index in [1.807, 2.05) is 17.9 Å². The van der Waals surface area contributed by atoms with Crippen molar-refractivity contribution in [2.24, 2.45) is 0 Å². The lowest BCUT2D eigenvalue weighted by atomic mass is 9.98. The fourth-order valence-corrected chi connectivity index (χ4v) is 4.71. The average molecular weight is 369 g/mol. The lowest BCUT2D eigenvalue weighted by Crippen LogP contribution is -2.39. The summed E-state index contributed by atoms with van der Waals surface area (Å²) < 4.78 is 5.64. The van der Waals surface area contributed by atoms with Gasteiger partial charge in [0, 0.05) is 35.3 Å². The number of fused-ring (bicyclic) bond motifs is 1. The van der Waals surface area contributed by atoms with Crippen LogP contribution in [-0.4, -0.2) is 28.9 Å². The van der Waals surface area contributed by atoms with Gasteiger partial charge >= 0.3 is 0 Å². The molecule has 5 heteroatoms. The molecular weight excluding hydrogens is 344 g/mol. The monoisotopic (exact) mass is 368 g/mol. The number of aromatic nitrogens is 1. The summed E-state index contributed by atoms with van der Waals surface area (Å²) in [6.07, 6.45) is 5.27. The lowest BCUT2D eigenvalue weighted by Gasteiger charge is -2.32. The second-order valence-corrected chi connectivity index (χ2v) is 8.04. The highest BCUT2D eigenvalue weighted by Gasteiger charge is 2.27. The molecule has 0 bridgehead atoms. The second kappa shape index (κ2) is 7.23. The van der Waals surface area contributed by atoms with Crippen LogP contribution in [-0.2, 0) is 17.6 Å². The van der Waals surface area contributed by atoms with Crippen LogP contribution in [0.15, 0.2) is 34.3 Å². The molecule has 0 N–H and O–H groups in total. The van der Waals surface area contributed by atoms with Gasteiger partial charge in [-0.05, 0) is 37.8 Å². The number of nitrogens with zero attached hydrogens (tertiary/aromatic N) is 2. The Bertz CT molecular complexity index is 927. The van der Waals surface area contributed by atoms with Crippen LogP contribution in [0.2, 0.25) is 0 Å². The van der Waals surface area contributed by atoms with Crippen molar-refractivity contribution in [1.82, 2.24) is 9.88 Å². The molecule has 136 valence electrons. The molecule has 0 spiro atoms. The maximum atomic E-state index is 12.9. The van der Waals surface area contributed by atoms with Crippen LogP contribution in [0, 0.1) is 6.92 Å². The molecular formula is C21H24N2O2S. The quantitative estimate of drug-likeness (QED) is 0.670. The van der Waals surface area contributed by atoms with Crippen molar-refractivity contribution >= 4 is 28.2 Å². The fourth-order valence-electron chi connectivity index (χ4n) is 3.68. The molecule has 1 aliphatic rings. The molecule has 0 aliphatic carbocycles. The van der Waals surface area contributed by atoms with Gasteiger partial charge in [-0.3, -0.25) is 4.79 Å². The minimum absolute atomic E-state index is 0.185. The van der Waals surface area contributed by atoms with E-state index >= 15 is 0 Å². The van der Waals surface area contributed by atoms with E-state index in [-0.39, 0.29) is 5.91 Å². The number of piperidine rings is 1. The summed E-state index contributed by atoms with van der Waals surface area (Å²) in [6, 6.07) is 6.14. The highest BCUT2D eigenvalue weighted by atomic mass is 32.1. The van der Waals surface area contributed by atoms with E-state index in [2.05, 4.69) is 24.4 Å². The van der Waals surface area contributed by atoms with Gasteiger partial charge in [0.1, 0.15) is 5.58 Å². The van der Waals surface area contributed by atoms with Gasteiger partial charge in [-0.25, -0.2) is 4.98 Å². The summed E-state index contributed by atoms with van der Waals surface area (Å²) in [7, 11) is 0. The first-order chi connectivity index (χ1) is 12.6. The molecule has 4 nitrogen and oxygen atoms in total. The number of benzene rings is 1. The van der Waals surface area contributed by atoms with E-state index in [0.717, 1.165) is 54.6 Å². The van der Waals surface area contributed by atoms with Crippen LogP contribution in [0.25, 0.3) is 11.0 Å². The highest BCUT2D eigenvalue weighted by Crippen LogP contribution is 2.30. The zero-order valence-corrected chi connectivity index (χ0v) is 16.1. The molecule has 1 aliphatic heterocycles. The molecule has 1 unspecified atom stereocenters. The van der Waals surface area contributed by atoms with Crippen molar-refractivity contribution < 1.29 is 9.21 Å². The van der Waals surface area contributed by atoms with Gasteiger partial charge in [0.2, 0.25) is 5.91 Å². The average Bonchev–Trinajstić information content (AvgIpc) is 3.29. The third kappa shape index (κ3) is 3.40. The van der Waals surface area contributed by atoms with Crippen LogP contribution >= 0.6 is 11.3 Å². The first kappa shape index (κ1) is 17.3. The van der Waals surface area contributed by atoms with E-state index in [1.54, 1.807) is 17.6 Å². The Hall–Kier alpha value is -2.14. The van der Waals surface area contributed by atoms with Crippen LogP contribution in [0.3, 0.4) is 0 Å². The molecule has 3 heterocycles. The van der Waals surface area contributed by atoms with Gasteiger partial charge in [0.25, 0.3) is 0 Å². The SMILES string of the molecule is CCc1csc(C2CCCN(C(=O)Cc3coc4cc(C)ccc34)C2)n1. The van der Waals surface area contributed by atoms with Crippen LogP contribution in [0.4, 0.5) is 0 Å². The van der Waals surface area contributed by atoms with Crippen molar-refractivity contribution in [3.8, 4) is 0 Å². The number of likely N-dealkylation sites (tertiary alicyclic amines) is 1. The number of hydrogen-bond donors (Lipinski definition) is 0. The zero-order chi connectivity index (χ0) is 18.1. The number of hydrogen-bond acceptors (Lipinski definition) is 4. The van der Waals surface area contributed by atoms with Gasteiger partial charge < -0.3 is 9.32 Å². The lowest BCUT2D eigenvalue weighted by molar-refractivity contribution is -0.131. The standard InChI is InChI=1S/C21H24N2O2S/c1-3-17-13-26-21(22-17)15-5-4-8-23(11-15)20(24)10-16-12-25-19-9-14(2)6-7-18(16)19/h6-7,9,12-13,15H,3-5,8,10-11H2,1-2H3. The Balaban J connectivity index is 1.47. The molecule has 1 aromatic carbocycles. The molecule has 0 saturated carbocycles. The fraction of sp³-hybridized carbons (Fsp3) is 0.429. The Morgan fingerprint density at radius 3 is 3.12 bits per heavy atom. The number of furan rings is 1. The second-order valence-electron chi connectivity index (χ2n) is 7.15. The van der Waals surface area contributed by atoms with E-state index in [1.165, 1.54) is 10.6 Å². The summed E-state index contributed by atoms with van der Waals surface area (Å²) in [6.45, 7) is 5.80. The normalized spacial score (nSPS) is 17.8. The Labute approximate surface area is 157 Å². The van der Waals surface area contributed by atoms with Crippen LogP contribution in [0.5, 0.6) is 0 Å². The van der Waals surface area contributed by atoms with E-state index in [9.17, 15) is 4.79 Å². The molecule has 1 fully saturated rings. The smallest absolute Gasteiger partial charge is 0.227 e. The molecule has 1 atom stereocenters. The molecule has 1 amide bonds. The van der Waals surface area contributed by atoms with Crippen molar-refractivity contribution in [2.75, 3.05) is 13.1 Å². The summed E-state index contributed by atoms with van der Waals surface area (Å²) in [5, 5.41) is 4.38. The Kier molecular flexibility index (Phi) is 4.81. The van der Waals surface area contributed by atoms with E-state index in [0.29, 0.717) is 12.3 Å². The number of thiazole rings is 1. The molecule has 4 rings (SSSR count). The number of carbonyl (C=O) groups is 1. The molecule has 26 heavy (non-hydrogen) atoms. The number of rotatable bonds is 4. The summed E-state index contributed by atoms with van der Waals surface area (Å²) >= 11 is 1.74. The first-order valence-corrected chi connectivity index (χ1v) is 10.2. The molecule has 2 aromatic heterocycles. The summed E-state index contributed by atoms with van der Waals surface area (Å²) in [5.74, 6) is 0.562. The van der Waals surface area contributed by atoms with Crippen molar-refractivity contribution in [3.05, 3.63) is 51.7 Å². The zero-order valence-electron chi connectivity index (χ0n) is 15.3. The Morgan fingerprint density at radius 1 is 1.42 bits per heavy atom. The maximum absolute atomic E-state index is 12.9. The third-order valence-electron chi connectivity index (χ3n) is 5.21. The van der Waals surface area contributed by atoms with Crippen LogP contribution < -0.4 is 0 Å². The Morgan fingerprint density at radius 2 is 2.31 bits per heavy atom. The maximum Gasteiger partial charge on any atom is 0.227 e. The van der Waals surface area contributed by atoms with Gasteiger partial charge in [-0.15, -0.1) is 11.3 Å². The molecule has 3 aromatic rings. The number of amides is 1. The van der Waals surface area contributed by atoms with Crippen molar-refractivity contribution in [2.45, 2.75) is 45.4 Å². The first-order valence-electron chi connectivity index (χ1n) is 9.33. The van der Waals surface area contributed by atoms with Gasteiger partial charge in [0.05, 0.1) is 23.4 Å².